The number of anilines is 1. The number of nitrogens with zero attached hydrogens (tertiary/aromatic N) is 3. The molecule has 0 saturated carbocycles. The lowest BCUT2D eigenvalue weighted by molar-refractivity contribution is -0.145. The first kappa shape index (κ1) is 19.4. The lowest BCUT2D eigenvalue weighted by Crippen LogP contribution is -2.47. The number of hydrogen-bond acceptors (Lipinski definition) is 5. The Labute approximate surface area is 159 Å². The summed E-state index contributed by atoms with van der Waals surface area (Å²) in [4.78, 5) is 44.0. The van der Waals surface area contributed by atoms with Crippen LogP contribution in [0.4, 0.5) is 19.4 Å². The van der Waals surface area contributed by atoms with Gasteiger partial charge in [-0.1, -0.05) is 6.07 Å². The van der Waals surface area contributed by atoms with Crippen LogP contribution in [-0.4, -0.2) is 40.9 Å². The first-order valence-corrected chi connectivity index (χ1v) is 8.48. The molecule has 0 N–H and O–H groups in total. The van der Waals surface area contributed by atoms with E-state index in [9.17, 15) is 23.2 Å². The minimum absolute atomic E-state index is 0.0342. The molecule has 1 aliphatic heterocycles. The Hall–Kier alpha value is -3.36. The van der Waals surface area contributed by atoms with E-state index < -0.39 is 41.6 Å². The summed E-state index contributed by atoms with van der Waals surface area (Å²) in [5.41, 5.74) is -1.93. The number of ether oxygens (including phenoxy) is 1. The Morgan fingerprint density at radius 1 is 1.18 bits per heavy atom. The van der Waals surface area contributed by atoms with Crippen LogP contribution in [0.5, 0.6) is 0 Å². The van der Waals surface area contributed by atoms with Crippen molar-refractivity contribution < 1.29 is 27.9 Å². The van der Waals surface area contributed by atoms with Gasteiger partial charge in [0.1, 0.15) is 29.5 Å². The highest BCUT2D eigenvalue weighted by Crippen LogP contribution is 2.39. The molecule has 1 aromatic carbocycles. The van der Waals surface area contributed by atoms with Crippen molar-refractivity contribution in [3.8, 4) is 0 Å². The fourth-order valence-electron chi connectivity index (χ4n) is 3.10. The van der Waals surface area contributed by atoms with Crippen LogP contribution in [0.1, 0.15) is 19.4 Å². The molecule has 2 aromatic rings. The number of rotatable bonds is 5. The normalized spacial score (nSPS) is 19.3. The molecule has 0 spiro atoms. The van der Waals surface area contributed by atoms with Crippen LogP contribution in [-0.2, 0) is 19.9 Å². The van der Waals surface area contributed by atoms with Gasteiger partial charge in [-0.25, -0.2) is 23.5 Å². The fourth-order valence-corrected chi connectivity index (χ4v) is 3.10. The van der Waals surface area contributed by atoms with E-state index in [2.05, 4.69) is 4.98 Å². The van der Waals surface area contributed by atoms with Crippen LogP contribution in [0.15, 0.2) is 42.6 Å². The molecular weight excluding hydrogens is 372 g/mol. The number of benzene rings is 1. The van der Waals surface area contributed by atoms with Crippen molar-refractivity contribution >= 4 is 23.7 Å². The second-order valence-electron chi connectivity index (χ2n) is 6.23. The number of pyridine rings is 1. The number of imide groups is 1. The third kappa shape index (κ3) is 3.19. The summed E-state index contributed by atoms with van der Waals surface area (Å²) in [6, 6.07) is 6.34. The highest BCUT2D eigenvalue weighted by molar-refractivity contribution is 6.23. The van der Waals surface area contributed by atoms with E-state index in [-0.39, 0.29) is 18.0 Å². The molecule has 0 radical (unpaired) electrons. The highest BCUT2D eigenvalue weighted by atomic mass is 19.1. The number of aromatic nitrogens is 1. The average molecular weight is 389 g/mol. The second-order valence-corrected chi connectivity index (χ2v) is 6.23. The molecule has 28 heavy (non-hydrogen) atoms. The Morgan fingerprint density at radius 3 is 2.43 bits per heavy atom. The van der Waals surface area contributed by atoms with Gasteiger partial charge in [0.25, 0.3) is 5.91 Å². The van der Waals surface area contributed by atoms with Crippen LogP contribution < -0.4 is 4.90 Å². The van der Waals surface area contributed by atoms with Crippen LogP contribution >= 0.6 is 0 Å². The van der Waals surface area contributed by atoms with E-state index in [0.717, 1.165) is 21.9 Å². The molecule has 2 heterocycles. The molecule has 0 bridgehead atoms. The van der Waals surface area contributed by atoms with Crippen LogP contribution in [0.2, 0.25) is 0 Å². The topological polar surface area (TPSA) is 79.8 Å². The number of urea groups is 1. The van der Waals surface area contributed by atoms with Gasteiger partial charge in [0.05, 0.1) is 6.61 Å². The smallest absolute Gasteiger partial charge is 0.334 e. The van der Waals surface area contributed by atoms with Crippen molar-refractivity contribution in [2.24, 2.45) is 0 Å². The second kappa shape index (κ2) is 7.34. The van der Waals surface area contributed by atoms with Gasteiger partial charge in [0.2, 0.25) is 0 Å². The third-order valence-electron chi connectivity index (χ3n) is 4.48. The maximum atomic E-state index is 13.8. The molecule has 1 atom stereocenters. The summed E-state index contributed by atoms with van der Waals surface area (Å²) < 4.78 is 32.5. The van der Waals surface area contributed by atoms with Crippen molar-refractivity contribution in [2.45, 2.75) is 19.4 Å². The van der Waals surface area contributed by atoms with Gasteiger partial charge in [0.15, 0.2) is 0 Å². The van der Waals surface area contributed by atoms with E-state index >= 15 is 0 Å². The number of hydrogen-bond donors (Lipinski definition) is 0. The molecule has 1 aromatic heterocycles. The molecule has 146 valence electrons. The summed E-state index contributed by atoms with van der Waals surface area (Å²) in [6.45, 7) is 2.42. The highest BCUT2D eigenvalue weighted by Gasteiger charge is 2.57. The van der Waals surface area contributed by atoms with E-state index in [4.69, 9.17) is 4.74 Å². The number of carbonyl (C=O) groups excluding carboxylic acids is 3. The Morgan fingerprint density at radius 2 is 1.86 bits per heavy atom. The van der Waals surface area contributed by atoms with Gasteiger partial charge in [0, 0.05) is 12.3 Å². The summed E-state index contributed by atoms with van der Waals surface area (Å²) in [5.74, 6) is -3.33. The van der Waals surface area contributed by atoms with Gasteiger partial charge < -0.3 is 4.74 Å². The molecular formula is C19H17F2N3O4. The first-order valence-electron chi connectivity index (χ1n) is 8.48. The monoisotopic (exact) mass is 389 g/mol. The SMILES string of the molecule is CCOC(=O)CN1C(=O)N(c2ccccn2)C(=O)C1(C)c1cc(F)cc(F)c1. The quantitative estimate of drug-likeness (QED) is 0.580. The summed E-state index contributed by atoms with van der Waals surface area (Å²) in [6.07, 6.45) is 1.39. The van der Waals surface area contributed by atoms with Crippen molar-refractivity contribution in [2.75, 3.05) is 18.1 Å². The van der Waals surface area contributed by atoms with E-state index in [1.54, 1.807) is 19.1 Å². The van der Waals surface area contributed by atoms with Crippen LogP contribution in [0, 0.1) is 11.6 Å². The van der Waals surface area contributed by atoms with Crippen molar-refractivity contribution in [3.05, 3.63) is 59.8 Å². The number of amides is 3. The molecule has 3 rings (SSSR count). The van der Waals surface area contributed by atoms with Crippen molar-refractivity contribution in [1.82, 2.24) is 9.88 Å². The fraction of sp³-hybridized carbons (Fsp3) is 0.263. The zero-order valence-electron chi connectivity index (χ0n) is 15.2. The van der Waals surface area contributed by atoms with Crippen molar-refractivity contribution in [1.29, 1.82) is 0 Å². The summed E-state index contributed by atoms with van der Waals surface area (Å²) >= 11 is 0. The molecule has 1 saturated heterocycles. The van der Waals surface area contributed by atoms with Crippen LogP contribution in [0.25, 0.3) is 0 Å². The Kier molecular flexibility index (Phi) is 5.08. The molecule has 3 amide bonds. The van der Waals surface area contributed by atoms with E-state index in [1.807, 2.05) is 0 Å². The Bertz CT molecular complexity index is 918. The van der Waals surface area contributed by atoms with Gasteiger partial charge in [-0.3, -0.25) is 14.5 Å². The minimum Gasteiger partial charge on any atom is -0.465 e. The van der Waals surface area contributed by atoms with Gasteiger partial charge in [-0.05, 0) is 43.7 Å². The third-order valence-corrected chi connectivity index (χ3v) is 4.48. The molecule has 0 aliphatic carbocycles. The molecule has 9 heteroatoms. The van der Waals surface area contributed by atoms with Crippen LogP contribution in [0.3, 0.4) is 0 Å². The zero-order chi connectivity index (χ0) is 20.5. The first-order chi connectivity index (χ1) is 13.3. The number of carbonyl (C=O) groups is 3. The lowest BCUT2D eigenvalue weighted by Gasteiger charge is -2.31. The molecule has 1 unspecified atom stereocenters. The number of esters is 1. The van der Waals surface area contributed by atoms with E-state index in [0.29, 0.717) is 6.07 Å². The van der Waals surface area contributed by atoms with Gasteiger partial charge in [-0.15, -0.1) is 0 Å². The maximum absolute atomic E-state index is 13.8. The average Bonchev–Trinajstić information content (AvgIpc) is 2.83. The molecule has 1 fully saturated rings. The number of halogens is 2. The largest absolute Gasteiger partial charge is 0.465 e. The predicted molar refractivity (Wildman–Crippen MR) is 94.2 cm³/mol. The van der Waals surface area contributed by atoms with Gasteiger partial charge >= 0.3 is 12.0 Å². The molecule has 7 nitrogen and oxygen atoms in total. The van der Waals surface area contributed by atoms with Gasteiger partial charge in [-0.2, -0.15) is 0 Å². The predicted octanol–water partition coefficient (Wildman–Crippen LogP) is 2.61. The Balaban J connectivity index is 2.13. The molecule has 1 aliphatic rings. The van der Waals surface area contributed by atoms with Crippen molar-refractivity contribution in [3.63, 3.8) is 0 Å². The summed E-state index contributed by atoms with van der Waals surface area (Å²) in [5, 5.41) is 0. The van der Waals surface area contributed by atoms with E-state index in [1.165, 1.54) is 19.2 Å². The minimum atomic E-state index is -1.83. The lowest BCUT2D eigenvalue weighted by atomic mass is 9.90. The summed E-state index contributed by atoms with van der Waals surface area (Å²) in [7, 11) is 0. The zero-order valence-corrected chi connectivity index (χ0v) is 15.2. The maximum Gasteiger partial charge on any atom is 0.334 e. The standard InChI is InChI=1S/C19H17F2N3O4/c1-3-28-16(25)11-23-18(27)24(15-6-4-5-7-22-15)17(26)19(23,2)12-8-13(20)10-14(21)9-12/h4-10H,3,11H2,1-2H3.